The number of ether oxygens (including phenoxy) is 2. The van der Waals surface area contributed by atoms with Crippen molar-refractivity contribution in [3.63, 3.8) is 0 Å². The summed E-state index contributed by atoms with van der Waals surface area (Å²) in [6, 6.07) is 0. The molecule has 26 heavy (non-hydrogen) atoms. The summed E-state index contributed by atoms with van der Waals surface area (Å²) >= 11 is 0. The Kier molecular flexibility index (Phi) is 33.8. The largest absolute Gasteiger partial charge is 1.00 e. The zero-order chi connectivity index (χ0) is 18.8. The van der Waals surface area contributed by atoms with E-state index in [2.05, 4.69) is 10.6 Å². The van der Waals surface area contributed by atoms with Crippen LogP contribution in [0.5, 0.6) is 0 Å². The van der Waals surface area contributed by atoms with Gasteiger partial charge in [0.1, 0.15) is 0 Å². The van der Waals surface area contributed by atoms with Gasteiger partial charge in [-0.05, 0) is 13.8 Å². The minimum absolute atomic E-state index is 0. The van der Waals surface area contributed by atoms with Crippen LogP contribution in [0.25, 0.3) is 0 Å². The first kappa shape index (κ1) is 34.2. The Morgan fingerprint density at radius 1 is 0.808 bits per heavy atom. The van der Waals surface area contributed by atoms with Gasteiger partial charge < -0.3 is 50.1 Å². The van der Waals surface area contributed by atoms with Gasteiger partial charge in [-0.15, -0.1) is 0 Å². The van der Waals surface area contributed by atoms with Crippen molar-refractivity contribution in [3.05, 3.63) is 0 Å². The third-order valence-corrected chi connectivity index (χ3v) is 2.53. The summed E-state index contributed by atoms with van der Waals surface area (Å²) in [6.45, 7) is 5.60. The zero-order valence-corrected chi connectivity index (χ0v) is 20.2. The van der Waals surface area contributed by atoms with Crippen LogP contribution in [0.2, 0.25) is 0 Å². The normalized spacial score (nSPS) is 11.8. The fourth-order valence-corrected chi connectivity index (χ4v) is 1.16. The number of hydrogen-bond acceptors (Lipinski definition) is 10. The molecule has 0 aliphatic heterocycles. The fraction of sp³-hybridized carbons (Fsp3) is 0.857. The maximum atomic E-state index is 10.1. The number of aliphatic hydroxyl groups is 2. The topological polar surface area (TPSA) is 163 Å². The maximum absolute atomic E-state index is 10.1. The van der Waals surface area contributed by atoms with E-state index in [4.69, 9.17) is 19.7 Å². The van der Waals surface area contributed by atoms with Gasteiger partial charge in [-0.1, -0.05) is 0 Å². The maximum Gasteiger partial charge on any atom is 1.00 e. The average molecular weight is 398 g/mol. The molecule has 0 aromatic heterocycles. The van der Waals surface area contributed by atoms with Gasteiger partial charge in [0.25, 0.3) is 0 Å². The van der Waals surface area contributed by atoms with Crippen molar-refractivity contribution in [1.82, 2.24) is 10.6 Å². The summed E-state index contributed by atoms with van der Waals surface area (Å²) in [7, 11) is 0. The van der Waals surface area contributed by atoms with E-state index in [1.165, 1.54) is 13.8 Å². The van der Waals surface area contributed by atoms with Crippen LogP contribution < -0.4 is 80.0 Å². The van der Waals surface area contributed by atoms with Crippen molar-refractivity contribution in [3.8, 4) is 0 Å². The molecule has 0 spiro atoms. The van der Waals surface area contributed by atoms with Crippen LogP contribution in [0, 0.1) is 0 Å². The van der Waals surface area contributed by atoms with Crippen LogP contribution in [0.1, 0.15) is 13.8 Å². The van der Waals surface area contributed by atoms with Crippen LogP contribution >= 0.6 is 0 Å². The van der Waals surface area contributed by atoms with E-state index in [1.54, 1.807) is 0 Å². The minimum atomic E-state index is -1.21. The molecule has 0 radical (unpaired) electrons. The number of carboxylic acids is 2. The summed E-state index contributed by atoms with van der Waals surface area (Å²) in [5.74, 6) is -2.42. The monoisotopic (exact) mass is 398 g/mol. The number of carboxylic acid groups (broad SMARTS) is 2. The Bertz CT molecular complexity index is 297. The second kappa shape index (κ2) is 25.7. The number of aliphatic hydroxyl groups excluding tert-OH is 2. The first-order chi connectivity index (χ1) is 11.4. The van der Waals surface area contributed by atoms with Gasteiger partial charge in [-0.25, -0.2) is 0 Å². The van der Waals surface area contributed by atoms with E-state index in [9.17, 15) is 19.8 Å². The van der Waals surface area contributed by atoms with Gasteiger partial charge in [0, 0.05) is 26.2 Å². The molecule has 0 aliphatic rings. The molecule has 4 N–H and O–H groups in total. The molecule has 12 heteroatoms. The summed E-state index contributed by atoms with van der Waals surface area (Å²) in [5, 5.41) is 42.6. The molecule has 0 fully saturated rings. The molecule has 10 nitrogen and oxygen atoms in total. The quantitative estimate of drug-likeness (QED) is 0.163. The van der Waals surface area contributed by atoms with Gasteiger partial charge in [-0.2, -0.15) is 0 Å². The van der Waals surface area contributed by atoms with E-state index < -0.39 is 24.1 Å². The van der Waals surface area contributed by atoms with Gasteiger partial charge in [-0.3, -0.25) is 0 Å². The average Bonchev–Trinajstić information content (AvgIpc) is 2.54. The van der Waals surface area contributed by atoms with Gasteiger partial charge in [0.2, 0.25) is 0 Å². The number of aliphatic carboxylic acids is 2. The Morgan fingerprint density at radius 3 is 1.35 bits per heavy atom. The van der Waals surface area contributed by atoms with Crippen molar-refractivity contribution in [1.29, 1.82) is 0 Å². The van der Waals surface area contributed by atoms with Crippen molar-refractivity contribution in [2.45, 2.75) is 26.1 Å². The molecule has 0 bridgehead atoms. The number of carbonyl (C=O) groups excluding carboxylic acids is 2. The summed E-state index contributed by atoms with van der Waals surface area (Å²) in [4.78, 5) is 20.2. The molecule has 0 aliphatic carbocycles. The third-order valence-electron chi connectivity index (χ3n) is 2.53. The molecule has 0 aromatic carbocycles. The van der Waals surface area contributed by atoms with Crippen molar-refractivity contribution < 1.29 is 98.6 Å². The SMILES string of the molecule is CC(OCCNCCO)C(=O)[O-].CC(OCCNCCO)C(=O)[O-].[Na+].[Na+]. The Balaban J connectivity index is -0.000000173. The molecule has 0 aromatic rings. The Labute approximate surface area is 198 Å². The molecule has 0 heterocycles. The molecule has 0 saturated carbocycles. The predicted octanol–water partition coefficient (Wildman–Crippen LogP) is -10.5. The van der Waals surface area contributed by atoms with Crippen LogP contribution in [0.15, 0.2) is 0 Å². The second-order valence-corrected chi connectivity index (χ2v) is 4.61. The van der Waals surface area contributed by atoms with Crippen LogP contribution in [0.3, 0.4) is 0 Å². The van der Waals surface area contributed by atoms with E-state index in [1.807, 2.05) is 0 Å². The van der Waals surface area contributed by atoms with Gasteiger partial charge in [0.15, 0.2) is 0 Å². The molecule has 0 amide bonds. The molecule has 0 saturated heterocycles. The van der Waals surface area contributed by atoms with Crippen LogP contribution in [0.4, 0.5) is 0 Å². The van der Waals surface area contributed by atoms with Crippen molar-refractivity contribution in [2.24, 2.45) is 0 Å². The van der Waals surface area contributed by atoms with Gasteiger partial charge in [0.05, 0.1) is 50.6 Å². The molecule has 2 unspecified atom stereocenters. The number of nitrogens with one attached hydrogen (secondary N) is 2. The van der Waals surface area contributed by atoms with Crippen LogP contribution in [-0.4, -0.2) is 87.0 Å². The van der Waals surface area contributed by atoms with Crippen molar-refractivity contribution in [2.75, 3.05) is 52.6 Å². The van der Waals surface area contributed by atoms with E-state index in [-0.39, 0.29) is 72.3 Å². The zero-order valence-electron chi connectivity index (χ0n) is 16.2. The van der Waals surface area contributed by atoms with E-state index in [0.29, 0.717) is 39.4 Å². The van der Waals surface area contributed by atoms with E-state index >= 15 is 0 Å². The second-order valence-electron chi connectivity index (χ2n) is 4.61. The molecular formula is C14H28N2Na2O8. The molecule has 2 atom stereocenters. The molecule has 0 rings (SSSR count). The summed E-state index contributed by atoms with van der Waals surface area (Å²) < 4.78 is 9.69. The Morgan fingerprint density at radius 2 is 1.12 bits per heavy atom. The van der Waals surface area contributed by atoms with Gasteiger partial charge >= 0.3 is 59.1 Å². The Hall–Kier alpha value is 0.700. The van der Waals surface area contributed by atoms with Crippen LogP contribution in [-0.2, 0) is 19.1 Å². The minimum Gasteiger partial charge on any atom is -0.547 e. The summed E-state index contributed by atoms with van der Waals surface area (Å²) in [5.41, 5.74) is 0. The molecule has 144 valence electrons. The fourth-order valence-electron chi connectivity index (χ4n) is 1.16. The molecular weight excluding hydrogens is 370 g/mol. The first-order valence-electron chi connectivity index (χ1n) is 7.64. The number of carbonyl (C=O) groups is 2. The standard InChI is InChI=1S/2C7H15NO4.2Na/c2*1-6(7(10)11)12-5-3-8-2-4-9;;/h2*6,8-9H,2-5H2,1H3,(H,10,11);;/q;;2*+1/p-2. The number of rotatable bonds is 14. The van der Waals surface area contributed by atoms with Crippen molar-refractivity contribution >= 4 is 11.9 Å². The number of hydrogen-bond donors (Lipinski definition) is 4. The first-order valence-corrected chi connectivity index (χ1v) is 7.64. The third kappa shape index (κ3) is 26.9. The smallest absolute Gasteiger partial charge is 0.547 e. The summed E-state index contributed by atoms with van der Waals surface area (Å²) in [6.07, 6.45) is -1.75. The predicted molar refractivity (Wildman–Crippen MR) is 80.8 cm³/mol. The van der Waals surface area contributed by atoms with E-state index in [0.717, 1.165) is 0 Å².